The Bertz CT molecular complexity index is 662. The summed E-state index contributed by atoms with van der Waals surface area (Å²) in [6, 6.07) is 9.37. The van der Waals surface area contributed by atoms with Gasteiger partial charge in [-0.1, -0.05) is 18.2 Å². The Kier molecular flexibility index (Phi) is 2.42. The first-order valence-electron chi connectivity index (χ1n) is 6.96. The van der Waals surface area contributed by atoms with Crippen molar-refractivity contribution in [2.24, 2.45) is 0 Å². The van der Waals surface area contributed by atoms with Gasteiger partial charge in [-0.05, 0) is 44.0 Å². The lowest BCUT2D eigenvalue weighted by atomic mass is 9.99. The van der Waals surface area contributed by atoms with Crippen LogP contribution in [0.2, 0.25) is 0 Å². The fraction of sp³-hybridized carbons (Fsp3) is 0.375. The molecule has 1 saturated heterocycles. The minimum Gasteiger partial charge on any atom is -0.297 e. The molecular formula is C16H17N3. The van der Waals surface area contributed by atoms with Gasteiger partial charge in [0.25, 0.3) is 0 Å². The van der Waals surface area contributed by atoms with Crippen molar-refractivity contribution in [2.45, 2.75) is 31.3 Å². The Hall–Kier alpha value is -1.74. The molecule has 1 aromatic heterocycles. The third kappa shape index (κ3) is 1.77. The first-order chi connectivity index (χ1) is 9.31. The van der Waals surface area contributed by atoms with Crippen LogP contribution in [-0.4, -0.2) is 34.0 Å². The first-order valence-corrected chi connectivity index (χ1v) is 6.96. The molecule has 0 amide bonds. The van der Waals surface area contributed by atoms with Crippen LogP contribution in [0.3, 0.4) is 0 Å². The standard InChI is InChI=1S/C16H17N3/c1-19-12-6-7-13(19)9-11(8-12)16-10-17-14-4-2-3-5-15(14)18-16/h2-5,8,10,12-13H,6-7,9H2,1H3. The molecule has 2 bridgehead atoms. The molecule has 0 spiro atoms. The molecule has 3 heteroatoms. The average Bonchev–Trinajstić information content (AvgIpc) is 2.68. The van der Waals surface area contributed by atoms with Crippen molar-refractivity contribution in [1.29, 1.82) is 0 Å². The van der Waals surface area contributed by atoms with Crippen LogP contribution in [0.4, 0.5) is 0 Å². The van der Waals surface area contributed by atoms with Crippen molar-refractivity contribution in [3.63, 3.8) is 0 Å². The Balaban J connectivity index is 1.77. The van der Waals surface area contributed by atoms with E-state index < -0.39 is 0 Å². The van der Waals surface area contributed by atoms with Crippen LogP contribution in [0.15, 0.2) is 36.5 Å². The Morgan fingerprint density at radius 3 is 2.84 bits per heavy atom. The topological polar surface area (TPSA) is 29.0 Å². The molecule has 0 aliphatic carbocycles. The van der Waals surface area contributed by atoms with E-state index in [1.807, 2.05) is 30.5 Å². The summed E-state index contributed by atoms with van der Waals surface area (Å²) in [4.78, 5) is 11.8. The zero-order valence-corrected chi connectivity index (χ0v) is 11.1. The van der Waals surface area contributed by atoms with E-state index >= 15 is 0 Å². The molecule has 3 heterocycles. The second-order valence-corrected chi connectivity index (χ2v) is 5.60. The minimum atomic E-state index is 0.599. The number of nitrogens with zero attached hydrogens (tertiary/aromatic N) is 3. The number of fused-ring (bicyclic) bond motifs is 3. The molecule has 4 rings (SSSR count). The molecule has 0 radical (unpaired) electrons. The summed E-state index contributed by atoms with van der Waals surface area (Å²) in [6.45, 7) is 0. The van der Waals surface area contributed by atoms with E-state index in [-0.39, 0.29) is 0 Å². The maximum atomic E-state index is 4.77. The number of rotatable bonds is 1. The number of benzene rings is 1. The summed E-state index contributed by atoms with van der Waals surface area (Å²) >= 11 is 0. The molecule has 0 N–H and O–H groups in total. The maximum Gasteiger partial charge on any atom is 0.0894 e. The molecular weight excluding hydrogens is 234 g/mol. The van der Waals surface area contributed by atoms with Crippen molar-refractivity contribution in [1.82, 2.24) is 14.9 Å². The smallest absolute Gasteiger partial charge is 0.0894 e. The van der Waals surface area contributed by atoms with Crippen molar-refractivity contribution in [2.75, 3.05) is 7.05 Å². The molecule has 2 aromatic rings. The summed E-state index contributed by atoms with van der Waals surface area (Å²) in [6.07, 6.45) is 8.02. The van der Waals surface area contributed by atoms with Crippen molar-refractivity contribution in [3.8, 4) is 0 Å². The van der Waals surface area contributed by atoms with Gasteiger partial charge in [0.05, 0.1) is 22.9 Å². The predicted molar refractivity (Wildman–Crippen MR) is 76.7 cm³/mol. The summed E-state index contributed by atoms with van der Waals surface area (Å²) in [5.41, 5.74) is 4.41. The van der Waals surface area contributed by atoms with Crippen LogP contribution in [0.25, 0.3) is 16.6 Å². The highest BCUT2D eigenvalue weighted by molar-refractivity contribution is 5.77. The second-order valence-electron chi connectivity index (χ2n) is 5.60. The fourth-order valence-corrected chi connectivity index (χ4v) is 3.34. The number of aromatic nitrogens is 2. The van der Waals surface area contributed by atoms with Crippen LogP contribution < -0.4 is 0 Å². The SMILES string of the molecule is CN1C2C=C(c3cnc4ccccc4n3)CC1CC2. The molecule has 19 heavy (non-hydrogen) atoms. The highest BCUT2D eigenvalue weighted by Crippen LogP contribution is 2.36. The molecule has 2 aliphatic heterocycles. The third-order valence-electron chi connectivity index (χ3n) is 4.52. The van der Waals surface area contributed by atoms with Gasteiger partial charge >= 0.3 is 0 Å². The number of para-hydroxylation sites is 2. The molecule has 0 saturated carbocycles. The molecule has 2 atom stereocenters. The second kappa shape index (κ2) is 4.14. The van der Waals surface area contributed by atoms with E-state index in [1.165, 1.54) is 18.4 Å². The monoisotopic (exact) mass is 251 g/mol. The zero-order chi connectivity index (χ0) is 12.8. The van der Waals surface area contributed by atoms with Crippen molar-refractivity contribution in [3.05, 3.63) is 42.2 Å². The first kappa shape index (κ1) is 11.1. The normalized spacial score (nSPS) is 26.7. The Morgan fingerprint density at radius 1 is 1.16 bits per heavy atom. The summed E-state index contributed by atoms with van der Waals surface area (Å²) in [7, 11) is 2.24. The van der Waals surface area contributed by atoms with Gasteiger partial charge < -0.3 is 0 Å². The summed E-state index contributed by atoms with van der Waals surface area (Å²) in [5, 5.41) is 0. The maximum absolute atomic E-state index is 4.77. The lowest BCUT2D eigenvalue weighted by molar-refractivity contribution is 0.264. The van der Waals surface area contributed by atoms with Crippen LogP contribution in [0, 0.1) is 0 Å². The van der Waals surface area contributed by atoms with E-state index in [9.17, 15) is 0 Å². The third-order valence-corrected chi connectivity index (χ3v) is 4.52. The van der Waals surface area contributed by atoms with Gasteiger partial charge in [0, 0.05) is 12.1 Å². The molecule has 2 unspecified atom stereocenters. The highest BCUT2D eigenvalue weighted by atomic mass is 15.2. The van der Waals surface area contributed by atoms with Crippen molar-refractivity contribution < 1.29 is 0 Å². The van der Waals surface area contributed by atoms with Crippen LogP contribution in [0.5, 0.6) is 0 Å². The Labute approximate surface area is 113 Å². The van der Waals surface area contributed by atoms with E-state index in [0.29, 0.717) is 12.1 Å². The molecule has 3 nitrogen and oxygen atoms in total. The van der Waals surface area contributed by atoms with Gasteiger partial charge in [-0.2, -0.15) is 0 Å². The average molecular weight is 251 g/mol. The van der Waals surface area contributed by atoms with E-state index in [2.05, 4.69) is 23.0 Å². The molecule has 96 valence electrons. The lowest BCUT2D eigenvalue weighted by Gasteiger charge is -2.30. The van der Waals surface area contributed by atoms with E-state index in [4.69, 9.17) is 4.98 Å². The van der Waals surface area contributed by atoms with Gasteiger partial charge in [0.2, 0.25) is 0 Å². The van der Waals surface area contributed by atoms with Gasteiger partial charge in [-0.25, -0.2) is 4.98 Å². The summed E-state index contributed by atoms with van der Waals surface area (Å²) in [5.74, 6) is 0. The molecule has 1 fully saturated rings. The Morgan fingerprint density at radius 2 is 2.00 bits per heavy atom. The van der Waals surface area contributed by atoms with Gasteiger partial charge in [0.15, 0.2) is 0 Å². The number of hydrogen-bond acceptors (Lipinski definition) is 3. The zero-order valence-electron chi connectivity index (χ0n) is 11.1. The largest absolute Gasteiger partial charge is 0.297 e. The quantitative estimate of drug-likeness (QED) is 0.780. The van der Waals surface area contributed by atoms with Gasteiger partial charge in [-0.3, -0.25) is 9.88 Å². The fourth-order valence-electron chi connectivity index (χ4n) is 3.34. The van der Waals surface area contributed by atoms with Gasteiger partial charge in [-0.15, -0.1) is 0 Å². The summed E-state index contributed by atoms with van der Waals surface area (Å²) < 4.78 is 0. The predicted octanol–water partition coefficient (Wildman–Crippen LogP) is 2.88. The van der Waals surface area contributed by atoms with Crippen LogP contribution in [0.1, 0.15) is 25.0 Å². The van der Waals surface area contributed by atoms with Crippen LogP contribution in [-0.2, 0) is 0 Å². The number of likely N-dealkylation sites (N-methyl/N-ethyl adjacent to an activating group) is 1. The highest BCUT2D eigenvalue weighted by Gasteiger charge is 2.34. The minimum absolute atomic E-state index is 0.599. The lowest BCUT2D eigenvalue weighted by Crippen LogP contribution is -2.34. The molecule has 2 aliphatic rings. The van der Waals surface area contributed by atoms with Crippen LogP contribution >= 0.6 is 0 Å². The van der Waals surface area contributed by atoms with Crippen molar-refractivity contribution >= 4 is 16.6 Å². The van der Waals surface area contributed by atoms with E-state index in [1.54, 1.807) is 0 Å². The van der Waals surface area contributed by atoms with Gasteiger partial charge in [0.1, 0.15) is 0 Å². The van der Waals surface area contributed by atoms with E-state index in [0.717, 1.165) is 23.1 Å². The number of hydrogen-bond donors (Lipinski definition) is 0. The molecule has 1 aromatic carbocycles.